The molecule has 0 bridgehead atoms. The van der Waals surface area contributed by atoms with Crippen molar-refractivity contribution in [2.45, 2.75) is 6.92 Å². The highest BCUT2D eigenvalue weighted by molar-refractivity contribution is 6.45. The van der Waals surface area contributed by atoms with Gasteiger partial charge in [0.25, 0.3) is 11.8 Å². The Bertz CT molecular complexity index is 947. The predicted molar refractivity (Wildman–Crippen MR) is 113 cm³/mol. The van der Waals surface area contributed by atoms with Crippen molar-refractivity contribution < 1.29 is 14.3 Å². The maximum absolute atomic E-state index is 13.6. The zero-order valence-electron chi connectivity index (χ0n) is 16.8. The summed E-state index contributed by atoms with van der Waals surface area (Å²) in [4.78, 5) is 32.7. The Morgan fingerprint density at radius 1 is 0.862 bits per heavy atom. The molecule has 2 aromatic carbocycles. The zero-order chi connectivity index (χ0) is 20.4. The van der Waals surface area contributed by atoms with Crippen molar-refractivity contribution in [1.82, 2.24) is 9.80 Å². The number of para-hydroxylation sites is 2. The van der Waals surface area contributed by atoms with Crippen LogP contribution in [0.4, 0.5) is 5.69 Å². The fraction of sp³-hybridized carbons (Fsp3) is 0.304. The number of carbonyl (C=O) groups is 2. The van der Waals surface area contributed by atoms with Gasteiger partial charge in [-0.15, -0.1) is 0 Å². The molecule has 1 fully saturated rings. The molecule has 6 heteroatoms. The molecule has 0 aromatic heterocycles. The Labute approximate surface area is 171 Å². The zero-order valence-corrected chi connectivity index (χ0v) is 16.8. The minimum Gasteiger partial charge on any atom is -0.492 e. The second-order valence-electron chi connectivity index (χ2n) is 7.23. The summed E-state index contributed by atoms with van der Waals surface area (Å²) in [5, 5.41) is 0. The van der Waals surface area contributed by atoms with Crippen molar-refractivity contribution >= 4 is 23.1 Å². The molecule has 29 heavy (non-hydrogen) atoms. The Kier molecular flexibility index (Phi) is 5.36. The standard InChI is InChI=1S/C23H25N3O3/c1-3-29-19-12-8-7-11-18(19)26-22(27)20(17-9-5-4-6-10-17)21(23(26)28)25-15-13-24(2)14-16-25/h4-12H,3,13-16H2,1-2H3. The maximum atomic E-state index is 13.6. The van der Waals surface area contributed by atoms with Crippen LogP contribution in [0.5, 0.6) is 5.75 Å². The van der Waals surface area contributed by atoms with Crippen molar-refractivity contribution in [3.63, 3.8) is 0 Å². The summed E-state index contributed by atoms with van der Waals surface area (Å²) in [6, 6.07) is 16.6. The van der Waals surface area contributed by atoms with Crippen LogP contribution in [0.3, 0.4) is 0 Å². The summed E-state index contributed by atoms with van der Waals surface area (Å²) in [7, 11) is 2.07. The molecule has 0 saturated carbocycles. The third-order valence-electron chi connectivity index (χ3n) is 5.35. The van der Waals surface area contributed by atoms with E-state index < -0.39 is 0 Å². The lowest BCUT2D eigenvalue weighted by Gasteiger charge is -2.34. The number of nitrogens with zero attached hydrogens (tertiary/aromatic N) is 3. The van der Waals surface area contributed by atoms with Gasteiger partial charge in [-0.1, -0.05) is 42.5 Å². The predicted octanol–water partition coefficient (Wildman–Crippen LogP) is 2.62. The Morgan fingerprint density at radius 2 is 1.52 bits per heavy atom. The second kappa shape index (κ2) is 8.09. The third kappa shape index (κ3) is 3.51. The first-order valence-corrected chi connectivity index (χ1v) is 9.95. The summed E-state index contributed by atoms with van der Waals surface area (Å²) >= 11 is 0. The van der Waals surface area contributed by atoms with Crippen molar-refractivity contribution in [3.05, 3.63) is 65.9 Å². The average Bonchev–Trinajstić information content (AvgIpc) is 3.00. The first-order valence-electron chi connectivity index (χ1n) is 9.95. The van der Waals surface area contributed by atoms with Crippen molar-refractivity contribution in [3.8, 4) is 5.75 Å². The minimum atomic E-state index is -0.303. The van der Waals surface area contributed by atoms with Crippen LogP contribution >= 0.6 is 0 Å². The monoisotopic (exact) mass is 391 g/mol. The third-order valence-corrected chi connectivity index (χ3v) is 5.35. The fourth-order valence-corrected chi connectivity index (χ4v) is 3.84. The molecule has 2 amide bonds. The summed E-state index contributed by atoms with van der Waals surface area (Å²) in [6.45, 7) is 5.46. The first kappa shape index (κ1) is 19.2. The fourth-order valence-electron chi connectivity index (χ4n) is 3.84. The molecule has 150 valence electrons. The number of hydrogen-bond donors (Lipinski definition) is 0. The van der Waals surface area contributed by atoms with Crippen molar-refractivity contribution in [2.24, 2.45) is 0 Å². The Hall–Kier alpha value is -3.12. The van der Waals surface area contributed by atoms with Gasteiger partial charge in [0.15, 0.2) is 0 Å². The largest absolute Gasteiger partial charge is 0.492 e. The summed E-state index contributed by atoms with van der Waals surface area (Å²) in [5.41, 5.74) is 2.20. The highest BCUT2D eigenvalue weighted by Gasteiger charge is 2.43. The van der Waals surface area contributed by atoms with Gasteiger partial charge in [-0.25, -0.2) is 4.90 Å². The number of carbonyl (C=O) groups excluding carboxylic acids is 2. The number of amides is 2. The van der Waals surface area contributed by atoms with E-state index in [9.17, 15) is 9.59 Å². The number of imide groups is 1. The molecule has 2 aromatic rings. The molecule has 2 heterocycles. The van der Waals surface area contributed by atoms with Gasteiger partial charge in [0, 0.05) is 26.2 Å². The SMILES string of the molecule is CCOc1ccccc1N1C(=O)C(c2ccccc2)=C(N2CCN(C)CC2)C1=O. The van der Waals surface area contributed by atoms with E-state index in [-0.39, 0.29) is 11.8 Å². The van der Waals surface area contributed by atoms with Gasteiger partial charge in [-0.3, -0.25) is 9.59 Å². The molecule has 0 unspecified atom stereocenters. The number of ether oxygens (including phenoxy) is 1. The number of benzene rings is 2. The highest BCUT2D eigenvalue weighted by atomic mass is 16.5. The number of piperazine rings is 1. The van der Waals surface area contributed by atoms with E-state index in [0.717, 1.165) is 18.7 Å². The summed E-state index contributed by atoms with van der Waals surface area (Å²) in [5.74, 6) is -0.0587. The molecule has 0 spiro atoms. The van der Waals surface area contributed by atoms with Gasteiger partial charge in [0.2, 0.25) is 0 Å². The summed E-state index contributed by atoms with van der Waals surface area (Å²) < 4.78 is 5.70. The molecular weight excluding hydrogens is 366 g/mol. The molecule has 0 aliphatic carbocycles. The van der Waals surface area contributed by atoms with Crippen LogP contribution in [0.25, 0.3) is 5.57 Å². The van der Waals surface area contributed by atoms with Crippen LogP contribution in [0, 0.1) is 0 Å². The van der Waals surface area contributed by atoms with Gasteiger partial charge in [0.1, 0.15) is 11.4 Å². The molecule has 2 aliphatic heterocycles. The smallest absolute Gasteiger partial charge is 0.282 e. The van der Waals surface area contributed by atoms with Gasteiger partial charge >= 0.3 is 0 Å². The first-order chi connectivity index (χ1) is 14.1. The van der Waals surface area contributed by atoms with Crippen LogP contribution in [0.1, 0.15) is 12.5 Å². The molecule has 0 atom stereocenters. The van der Waals surface area contributed by atoms with E-state index in [4.69, 9.17) is 4.74 Å². The van der Waals surface area contributed by atoms with Crippen LogP contribution in [0.2, 0.25) is 0 Å². The highest BCUT2D eigenvalue weighted by Crippen LogP contribution is 2.38. The molecule has 0 radical (unpaired) electrons. The normalized spacial score (nSPS) is 18.0. The molecule has 2 aliphatic rings. The van der Waals surface area contributed by atoms with Gasteiger partial charge in [-0.2, -0.15) is 0 Å². The van der Waals surface area contributed by atoms with E-state index in [1.165, 1.54) is 4.90 Å². The molecule has 1 saturated heterocycles. The van der Waals surface area contributed by atoms with E-state index in [0.29, 0.717) is 42.4 Å². The van der Waals surface area contributed by atoms with Crippen LogP contribution in [-0.2, 0) is 9.59 Å². The average molecular weight is 391 g/mol. The number of hydrogen-bond acceptors (Lipinski definition) is 5. The van der Waals surface area contributed by atoms with Gasteiger partial charge < -0.3 is 14.5 Å². The number of likely N-dealkylation sites (N-methyl/N-ethyl adjacent to an activating group) is 1. The molecule has 4 rings (SSSR count). The van der Waals surface area contributed by atoms with Gasteiger partial charge in [0.05, 0.1) is 17.9 Å². The van der Waals surface area contributed by atoms with Gasteiger partial charge in [-0.05, 0) is 31.7 Å². The minimum absolute atomic E-state index is 0.287. The molecule has 6 nitrogen and oxygen atoms in total. The Balaban J connectivity index is 1.80. The van der Waals surface area contributed by atoms with Crippen molar-refractivity contribution in [2.75, 3.05) is 44.7 Å². The van der Waals surface area contributed by atoms with E-state index in [1.54, 1.807) is 12.1 Å². The summed E-state index contributed by atoms with van der Waals surface area (Å²) in [6.07, 6.45) is 0. The number of rotatable bonds is 5. The lowest BCUT2D eigenvalue weighted by molar-refractivity contribution is -0.120. The topological polar surface area (TPSA) is 53.1 Å². The van der Waals surface area contributed by atoms with Crippen LogP contribution < -0.4 is 9.64 Å². The maximum Gasteiger partial charge on any atom is 0.282 e. The molecular formula is C23H25N3O3. The van der Waals surface area contributed by atoms with Crippen LogP contribution in [-0.4, -0.2) is 61.4 Å². The lowest BCUT2D eigenvalue weighted by atomic mass is 10.0. The molecule has 0 N–H and O–H groups in total. The van der Waals surface area contributed by atoms with E-state index in [1.807, 2.05) is 54.3 Å². The van der Waals surface area contributed by atoms with E-state index in [2.05, 4.69) is 11.9 Å². The quantitative estimate of drug-likeness (QED) is 0.734. The second-order valence-corrected chi connectivity index (χ2v) is 7.23. The lowest BCUT2D eigenvalue weighted by Crippen LogP contribution is -2.46. The number of anilines is 1. The Morgan fingerprint density at radius 3 is 2.21 bits per heavy atom. The van der Waals surface area contributed by atoms with E-state index >= 15 is 0 Å². The van der Waals surface area contributed by atoms with Crippen molar-refractivity contribution in [1.29, 1.82) is 0 Å². The van der Waals surface area contributed by atoms with Crippen LogP contribution in [0.15, 0.2) is 60.3 Å².